The quantitative estimate of drug-likeness (QED) is 0.890. The van der Waals surface area contributed by atoms with Crippen LogP contribution in [0.3, 0.4) is 0 Å². The molecule has 3 rings (SSSR count). The van der Waals surface area contributed by atoms with Crippen LogP contribution in [0, 0.1) is 11.3 Å². The zero-order chi connectivity index (χ0) is 16.4. The molecule has 2 heterocycles. The summed E-state index contributed by atoms with van der Waals surface area (Å²) in [6, 6.07) is 7.67. The van der Waals surface area contributed by atoms with Crippen molar-refractivity contribution in [1.82, 2.24) is 4.90 Å². The van der Waals surface area contributed by atoms with E-state index in [-0.39, 0.29) is 12.1 Å². The van der Waals surface area contributed by atoms with E-state index in [1.807, 2.05) is 12.1 Å². The second-order valence-corrected chi connectivity index (χ2v) is 5.77. The third-order valence-corrected chi connectivity index (χ3v) is 4.35. The van der Waals surface area contributed by atoms with Crippen molar-refractivity contribution in [1.29, 1.82) is 5.26 Å². The summed E-state index contributed by atoms with van der Waals surface area (Å²) in [6.07, 6.45) is -0.460. The van der Waals surface area contributed by atoms with Gasteiger partial charge in [-0.1, -0.05) is 6.07 Å². The van der Waals surface area contributed by atoms with Gasteiger partial charge in [0.05, 0.1) is 23.9 Å². The summed E-state index contributed by atoms with van der Waals surface area (Å²) < 4.78 is 11.3. The molecule has 0 aliphatic carbocycles. The molecule has 0 bridgehead atoms. The summed E-state index contributed by atoms with van der Waals surface area (Å²) in [6.45, 7) is 1.85. The molecule has 2 atom stereocenters. The van der Waals surface area contributed by atoms with Gasteiger partial charge in [-0.05, 0) is 12.1 Å². The monoisotopic (exact) mass is 317 g/mol. The van der Waals surface area contributed by atoms with Crippen LogP contribution in [-0.4, -0.2) is 61.6 Å². The molecule has 7 heteroatoms. The summed E-state index contributed by atoms with van der Waals surface area (Å²) in [4.78, 5) is 14.9. The highest BCUT2D eigenvalue weighted by atomic mass is 16.5. The van der Waals surface area contributed by atoms with Gasteiger partial charge in [-0.15, -0.1) is 0 Å². The lowest BCUT2D eigenvalue weighted by Crippen LogP contribution is -2.55. The van der Waals surface area contributed by atoms with E-state index in [0.717, 1.165) is 5.69 Å². The number of methoxy groups -OCH3 is 1. The zero-order valence-electron chi connectivity index (χ0n) is 12.9. The van der Waals surface area contributed by atoms with Gasteiger partial charge in [-0.2, -0.15) is 5.26 Å². The van der Waals surface area contributed by atoms with Gasteiger partial charge in [0.15, 0.2) is 5.75 Å². The van der Waals surface area contributed by atoms with Crippen molar-refractivity contribution in [3.63, 3.8) is 0 Å². The number of carbonyl (C=O) groups is 1. The number of carboxylic acid groups (broad SMARTS) is 1. The van der Waals surface area contributed by atoms with Crippen LogP contribution in [0.4, 0.5) is 10.5 Å². The van der Waals surface area contributed by atoms with Crippen molar-refractivity contribution < 1.29 is 19.4 Å². The minimum absolute atomic E-state index is 0.00944. The van der Waals surface area contributed by atoms with E-state index in [9.17, 15) is 15.2 Å². The number of nitrogens with zero attached hydrogens (tertiary/aromatic N) is 3. The van der Waals surface area contributed by atoms with Crippen LogP contribution in [-0.2, 0) is 4.74 Å². The summed E-state index contributed by atoms with van der Waals surface area (Å²) in [5.41, 5.74) is 1.35. The Bertz CT molecular complexity index is 643. The number of nitriles is 1. The molecule has 2 aliphatic rings. The second kappa shape index (κ2) is 6.34. The third kappa shape index (κ3) is 2.90. The van der Waals surface area contributed by atoms with Gasteiger partial charge in [0.25, 0.3) is 0 Å². The van der Waals surface area contributed by atoms with Crippen LogP contribution in [0.2, 0.25) is 0 Å². The van der Waals surface area contributed by atoms with Crippen molar-refractivity contribution >= 4 is 11.8 Å². The predicted molar refractivity (Wildman–Crippen MR) is 82.8 cm³/mol. The summed E-state index contributed by atoms with van der Waals surface area (Å²) in [5.74, 6) is 0.573. The molecule has 0 saturated carbocycles. The van der Waals surface area contributed by atoms with E-state index < -0.39 is 6.09 Å². The van der Waals surface area contributed by atoms with Gasteiger partial charge < -0.3 is 24.4 Å². The number of benzene rings is 1. The van der Waals surface area contributed by atoms with Gasteiger partial charge in [-0.3, -0.25) is 0 Å². The highest BCUT2D eigenvalue weighted by Crippen LogP contribution is 2.38. The maximum Gasteiger partial charge on any atom is 0.407 e. The standard InChI is InChI=1S/C16H19N3O4/c1-22-10-13-7-12-9-18(16(20)21)5-6-19(12)14-4-2-3-11(8-17)15(14)23-13/h2-4,12-13H,5-7,9-10H2,1H3,(H,20,21). The lowest BCUT2D eigenvalue weighted by molar-refractivity contribution is 0.0694. The fraction of sp³-hybridized carbons (Fsp3) is 0.500. The molecular weight excluding hydrogens is 298 g/mol. The van der Waals surface area contributed by atoms with Gasteiger partial charge in [0, 0.05) is 33.2 Å². The van der Waals surface area contributed by atoms with Crippen molar-refractivity contribution in [2.45, 2.75) is 18.6 Å². The maximum absolute atomic E-state index is 11.3. The topological polar surface area (TPSA) is 86.0 Å². The number of rotatable bonds is 2. The molecule has 23 heavy (non-hydrogen) atoms. The van der Waals surface area contributed by atoms with Crippen molar-refractivity contribution in [2.75, 3.05) is 38.3 Å². The Morgan fingerprint density at radius 3 is 3.04 bits per heavy atom. The minimum atomic E-state index is -0.899. The molecular formula is C16H19N3O4. The number of fused-ring (bicyclic) bond motifs is 3. The molecule has 0 radical (unpaired) electrons. The fourth-order valence-electron chi connectivity index (χ4n) is 3.32. The Kier molecular flexibility index (Phi) is 4.26. The molecule has 1 aromatic rings. The molecule has 7 nitrogen and oxygen atoms in total. The molecule has 1 N–H and O–H groups in total. The molecule has 122 valence electrons. The average molecular weight is 317 g/mol. The SMILES string of the molecule is COCC1CC2CN(C(=O)O)CCN2c2cccc(C#N)c2O1. The Morgan fingerprint density at radius 1 is 1.52 bits per heavy atom. The van der Waals surface area contributed by atoms with E-state index >= 15 is 0 Å². The average Bonchev–Trinajstić information content (AvgIpc) is 2.70. The number of anilines is 1. The number of ether oxygens (including phenoxy) is 2. The second-order valence-electron chi connectivity index (χ2n) is 5.77. The van der Waals surface area contributed by atoms with Crippen molar-refractivity contribution in [3.05, 3.63) is 23.8 Å². The van der Waals surface area contributed by atoms with Crippen molar-refractivity contribution in [3.8, 4) is 11.8 Å². The van der Waals surface area contributed by atoms with Crippen molar-refractivity contribution in [2.24, 2.45) is 0 Å². The molecule has 1 aromatic carbocycles. The van der Waals surface area contributed by atoms with E-state index in [1.165, 1.54) is 4.90 Å². The third-order valence-electron chi connectivity index (χ3n) is 4.35. The van der Waals surface area contributed by atoms with Crippen LogP contribution in [0.15, 0.2) is 18.2 Å². The summed E-state index contributed by atoms with van der Waals surface area (Å²) in [5, 5.41) is 18.6. The predicted octanol–water partition coefficient (Wildman–Crippen LogP) is 1.52. The normalized spacial score (nSPS) is 23.1. The Labute approximate surface area is 134 Å². The van der Waals surface area contributed by atoms with E-state index in [1.54, 1.807) is 13.2 Å². The first-order valence-corrected chi connectivity index (χ1v) is 7.57. The molecule has 2 aliphatic heterocycles. The smallest absolute Gasteiger partial charge is 0.407 e. The fourth-order valence-corrected chi connectivity index (χ4v) is 3.32. The molecule has 0 aromatic heterocycles. The highest BCUT2D eigenvalue weighted by Gasteiger charge is 2.36. The van der Waals surface area contributed by atoms with E-state index in [2.05, 4.69) is 11.0 Å². The van der Waals surface area contributed by atoms with E-state index in [0.29, 0.717) is 44.0 Å². The lowest BCUT2D eigenvalue weighted by atomic mass is 10.0. The van der Waals surface area contributed by atoms with E-state index in [4.69, 9.17) is 9.47 Å². The number of amides is 1. The number of para-hydroxylation sites is 1. The first-order valence-electron chi connectivity index (χ1n) is 7.57. The first kappa shape index (κ1) is 15.4. The van der Waals surface area contributed by atoms with Crippen LogP contribution >= 0.6 is 0 Å². The number of hydrogen-bond acceptors (Lipinski definition) is 5. The van der Waals surface area contributed by atoms with Crippen LogP contribution in [0.1, 0.15) is 12.0 Å². The van der Waals surface area contributed by atoms with Gasteiger partial charge in [0.1, 0.15) is 12.2 Å². The Morgan fingerprint density at radius 2 is 2.35 bits per heavy atom. The number of hydrogen-bond donors (Lipinski definition) is 1. The molecule has 1 saturated heterocycles. The minimum Gasteiger partial charge on any atom is -0.484 e. The molecule has 2 unspecified atom stereocenters. The Balaban J connectivity index is 1.98. The largest absolute Gasteiger partial charge is 0.484 e. The number of piperazine rings is 1. The van der Waals surface area contributed by atoms with Crippen LogP contribution in [0.25, 0.3) is 0 Å². The van der Waals surface area contributed by atoms with Gasteiger partial charge in [-0.25, -0.2) is 4.79 Å². The Hall–Kier alpha value is -2.46. The van der Waals surface area contributed by atoms with Gasteiger partial charge >= 0.3 is 6.09 Å². The zero-order valence-corrected chi connectivity index (χ0v) is 12.9. The summed E-state index contributed by atoms with van der Waals surface area (Å²) in [7, 11) is 1.60. The van der Waals surface area contributed by atoms with Gasteiger partial charge in [0.2, 0.25) is 0 Å². The highest BCUT2D eigenvalue weighted by molar-refractivity contribution is 5.69. The molecule has 0 spiro atoms. The lowest BCUT2D eigenvalue weighted by Gasteiger charge is -2.41. The van der Waals surface area contributed by atoms with Crippen LogP contribution in [0.5, 0.6) is 5.75 Å². The van der Waals surface area contributed by atoms with Crippen LogP contribution < -0.4 is 9.64 Å². The summed E-state index contributed by atoms with van der Waals surface area (Å²) >= 11 is 0. The molecule has 1 amide bonds. The molecule has 1 fully saturated rings. The maximum atomic E-state index is 11.3. The first-order chi connectivity index (χ1) is 11.1.